The van der Waals surface area contributed by atoms with Crippen LogP contribution in [0.2, 0.25) is 0 Å². The Bertz CT molecular complexity index is 346. The fraction of sp³-hybridized carbons (Fsp3) is 0.500. The van der Waals surface area contributed by atoms with Crippen molar-refractivity contribution in [3.8, 4) is 0 Å². The zero-order valence-electron chi connectivity index (χ0n) is 10.0. The average molecular weight is 217 g/mol. The molecule has 0 spiro atoms. The first kappa shape index (κ1) is 11.3. The Hall–Kier alpha value is -1.15. The third-order valence-corrected chi connectivity index (χ3v) is 3.28. The van der Waals surface area contributed by atoms with Gasteiger partial charge >= 0.3 is 0 Å². The highest BCUT2D eigenvalue weighted by Crippen LogP contribution is 2.19. The highest BCUT2D eigenvalue weighted by molar-refractivity contribution is 5.83. The molecule has 1 aliphatic rings. The van der Waals surface area contributed by atoms with Crippen LogP contribution in [0.5, 0.6) is 0 Å². The van der Waals surface area contributed by atoms with E-state index in [0.29, 0.717) is 5.78 Å². The largest absolute Gasteiger partial charge is 0.299 e. The quantitative estimate of drug-likeness (QED) is 0.758. The first-order valence-corrected chi connectivity index (χ1v) is 5.97. The zero-order valence-corrected chi connectivity index (χ0v) is 10.0. The van der Waals surface area contributed by atoms with Crippen molar-refractivity contribution >= 4 is 5.78 Å². The van der Waals surface area contributed by atoms with Gasteiger partial charge in [0, 0.05) is 31.5 Å². The lowest BCUT2D eigenvalue weighted by Gasteiger charge is -2.33. The molecule has 86 valence electrons. The van der Waals surface area contributed by atoms with Crippen LogP contribution in [0.1, 0.15) is 19.4 Å². The van der Waals surface area contributed by atoms with Gasteiger partial charge in [0.25, 0.3) is 0 Å². The van der Waals surface area contributed by atoms with Gasteiger partial charge in [0.05, 0.1) is 0 Å². The number of piperidine rings is 1. The molecule has 0 N–H and O–H groups in total. The third kappa shape index (κ3) is 2.50. The van der Waals surface area contributed by atoms with Gasteiger partial charge in [-0.2, -0.15) is 0 Å². The van der Waals surface area contributed by atoms with Gasteiger partial charge in [-0.05, 0) is 5.56 Å². The summed E-state index contributed by atoms with van der Waals surface area (Å²) in [7, 11) is 0. The molecule has 1 aromatic carbocycles. The van der Waals surface area contributed by atoms with Crippen LogP contribution < -0.4 is 0 Å². The molecule has 0 saturated carbocycles. The van der Waals surface area contributed by atoms with Gasteiger partial charge in [-0.1, -0.05) is 44.2 Å². The number of rotatable bonds is 2. The molecule has 0 aromatic heterocycles. The van der Waals surface area contributed by atoms with Crippen molar-refractivity contribution in [3.05, 3.63) is 35.9 Å². The topological polar surface area (TPSA) is 20.3 Å². The fourth-order valence-electron chi connectivity index (χ4n) is 2.49. The number of nitrogens with zero attached hydrogens (tertiary/aromatic N) is 1. The molecular formula is C14H19NO. The Balaban J connectivity index is 1.99. The monoisotopic (exact) mass is 217 g/mol. The molecular weight excluding hydrogens is 198 g/mol. The highest BCUT2D eigenvalue weighted by atomic mass is 16.1. The Morgan fingerprint density at radius 3 is 2.25 bits per heavy atom. The minimum atomic E-state index is 0.187. The van der Waals surface area contributed by atoms with Crippen LogP contribution in [-0.2, 0) is 11.3 Å². The second-order valence-corrected chi connectivity index (χ2v) is 4.88. The molecule has 1 aromatic rings. The number of carbonyl (C=O) groups is 1. The summed E-state index contributed by atoms with van der Waals surface area (Å²) in [6.45, 7) is 6.84. The molecule has 0 unspecified atom stereocenters. The van der Waals surface area contributed by atoms with Crippen LogP contribution in [0.15, 0.2) is 30.3 Å². The molecule has 2 heteroatoms. The fourth-order valence-corrected chi connectivity index (χ4v) is 2.49. The number of Topliss-reactive ketones (excluding diaryl/α,β-unsaturated/α-hetero) is 1. The second kappa shape index (κ2) is 4.79. The molecule has 1 fully saturated rings. The van der Waals surface area contributed by atoms with Gasteiger partial charge in [0.2, 0.25) is 0 Å². The molecule has 0 amide bonds. The van der Waals surface area contributed by atoms with Crippen molar-refractivity contribution < 1.29 is 4.79 Å². The van der Waals surface area contributed by atoms with Crippen molar-refractivity contribution in [2.24, 2.45) is 11.8 Å². The van der Waals surface area contributed by atoms with E-state index in [9.17, 15) is 4.79 Å². The minimum Gasteiger partial charge on any atom is -0.299 e. The molecule has 2 nitrogen and oxygen atoms in total. The number of hydrogen-bond donors (Lipinski definition) is 0. The molecule has 0 aliphatic carbocycles. The second-order valence-electron chi connectivity index (χ2n) is 4.88. The molecule has 0 radical (unpaired) electrons. The van der Waals surface area contributed by atoms with Gasteiger partial charge in [0.1, 0.15) is 5.78 Å². The zero-order chi connectivity index (χ0) is 11.5. The van der Waals surface area contributed by atoms with Gasteiger partial charge in [-0.25, -0.2) is 0 Å². The van der Waals surface area contributed by atoms with E-state index in [1.807, 2.05) is 19.9 Å². The number of carbonyl (C=O) groups excluding carboxylic acids is 1. The minimum absolute atomic E-state index is 0.187. The molecule has 1 aliphatic heterocycles. The number of ketones is 1. The van der Waals surface area contributed by atoms with E-state index < -0.39 is 0 Å². The standard InChI is InChI=1S/C14H19NO/c1-11-8-15(9-12(2)14(11)16)10-13-6-4-3-5-7-13/h3-7,11-12H,8-10H2,1-2H3/t11-,12-/m1/s1. The van der Waals surface area contributed by atoms with Crippen molar-refractivity contribution in [1.82, 2.24) is 4.90 Å². The first-order valence-electron chi connectivity index (χ1n) is 5.97. The Kier molecular flexibility index (Phi) is 3.39. The molecule has 16 heavy (non-hydrogen) atoms. The van der Waals surface area contributed by atoms with Crippen LogP contribution in [0.25, 0.3) is 0 Å². The lowest BCUT2D eigenvalue weighted by atomic mass is 9.90. The summed E-state index contributed by atoms with van der Waals surface area (Å²) < 4.78 is 0. The Morgan fingerprint density at radius 2 is 1.69 bits per heavy atom. The highest BCUT2D eigenvalue weighted by Gasteiger charge is 2.29. The van der Waals surface area contributed by atoms with E-state index in [4.69, 9.17) is 0 Å². The normalized spacial score (nSPS) is 27.0. The number of hydrogen-bond acceptors (Lipinski definition) is 2. The maximum Gasteiger partial charge on any atom is 0.141 e. The lowest BCUT2D eigenvalue weighted by Crippen LogP contribution is -2.44. The summed E-state index contributed by atoms with van der Waals surface area (Å²) in [5.41, 5.74) is 1.33. The van der Waals surface area contributed by atoms with Crippen molar-refractivity contribution in [2.45, 2.75) is 20.4 Å². The first-order chi connectivity index (χ1) is 7.66. The van der Waals surface area contributed by atoms with Crippen molar-refractivity contribution in [3.63, 3.8) is 0 Å². The van der Waals surface area contributed by atoms with Crippen LogP contribution >= 0.6 is 0 Å². The number of benzene rings is 1. The van der Waals surface area contributed by atoms with E-state index >= 15 is 0 Å². The summed E-state index contributed by atoms with van der Waals surface area (Å²) in [6, 6.07) is 10.5. The number of likely N-dealkylation sites (tertiary alicyclic amines) is 1. The molecule has 1 heterocycles. The average Bonchev–Trinajstić information content (AvgIpc) is 2.27. The van der Waals surface area contributed by atoms with Crippen LogP contribution in [0.4, 0.5) is 0 Å². The predicted octanol–water partition coefficient (Wildman–Crippen LogP) is 2.34. The molecule has 2 rings (SSSR count). The van der Waals surface area contributed by atoms with Crippen LogP contribution in [0, 0.1) is 11.8 Å². The van der Waals surface area contributed by atoms with Crippen LogP contribution in [-0.4, -0.2) is 23.8 Å². The molecule has 0 bridgehead atoms. The van der Waals surface area contributed by atoms with Crippen molar-refractivity contribution in [2.75, 3.05) is 13.1 Å². The summed E-state index contributed by atoms with van der Waals surface area (Å²) in [6.07, 6.45) is 0. The lowest BCUT2D eigenvalue weighted by molar-refractivity contribution is -0.130. The predicted molar refractivity (Wildman–Crippen MR) is 65.1 cm³/mol. The third-order valence-electron chi connectivity index (χ3n) is 3.28. The summed E-state index contributed by atoms with van der Waals surface area (Å²) in [5, 5.41) is 0. The van der Waals surface area contributed by atoms with Gasteiger partial charge in [-0.15, -0.1) is 0 Å². The smallest absolute Gasteiger partial charge is 0.141 e. The maximum absolute atomic E-state index is 11.7. The van der Waals surface area contributed by atoms with E-state index in [2.05, 4.69) is 29.2 Å². The maximum atomic E-state index is 11.7. The van der Waals surface area contributed by atoms with Gasteiger partial charge in [0.15, 0.2) is 0 Å². The Labute approximate surface area is 97.3 Å². The van der Waals surface area contributed by atoms with E-state index in [1.165, 1.54) is 5.56 Å². The summed E-state index contributed by atoms with van der Waals surface area (Å²) in [4.78, 5) is 14.1. The van der Waals surface area contributed by atoms with Crippen LogP contribution in [0.3, 0.4) is 0 Å². The Morgan fingerprint density at radius 1 is 1.12 bits per heavy atom. The van der Waals surface area contributed by atoms with Gasteiger partial charge < -0.3 is 0 Å². The molecule has 1 saturated heterocycles. The van der Waals surface area contributed by atoms with Crippen molar-refractivity contribution in [1.29, 1.82) is 0 Å². The van der Waals surface area contributed by atoms with E-state index in [-0.39, 0.29) is 11.8 Å². The summed E-state index contributed by atoms with van der Waals surface area (Å²) in [5.74, 6) is 0.796. The SMILES string of the molecule is C[C@@H]1CN(Cc2ccccc2)C[C@@H](C)C1=O. The van der Waals surface area contributed by atoms with Gasteiger partial charge in [-0.3, -0.25) is 9.69 Å². The summed E-state index contributed by atoms with van der Waals surface area (Å²) >= 11 is 0. The molecule has 2 atom stereocenters. The van der Waals surface area contributed by atoms with E-state index in [0.717, 1.165) is 19.6 Å². The van der Waals surface area contributed by atoms with E-state index in [1.54, 1.807) is 0 Å².